The molecule has 0 saturated carbocycles. The Bertz CT molecular complexity index is 1170. The number of pyridine rings is 2. The van der Waals surface area contributed by atoms with Crippen molar-refractivity contribution in [2.24, 2.45) is 0 Å². The van der Waals surface area contributed by atoms with Crippen molar-refractivity contribution in [2.45, 2.75) is 27.0 Å². The number of amides is 1. The van der Waals surface area contributed by atoms with E-state index in [0.717, 1.165) is 39.0 Å². The van der Waals surface area contributed by atoms with Crippen molar-refractivity contribution in [2.75, 3.05) is 0 Å². The number of carbonyl (C=O) groups excluding carboxylic acids is 1. The van der Waals surface area contributed by atoms with Crippen LogP contribution in [0.3, 0.4) is 0 Å². The molecular weight excluding hydrogens is 374 g/mol. The highest BCUT2D eigenvalue weighted by atomic mass is 16.5. The lowest BCUT2D eigenvalue weighted by Gasteiger charge is -2.10. The van der Waals surface area contributed by atoms with Crippen molar-refractivity contribution < 1.29 is 9.53 Å². The van der Waals surface area contributed by atoms with Crippen LogP contribution < -0.4 is 10.1 Å². The Morgan fingerprint density at radius 1 is 1.00 bits per heavy atom. The van der Waals surface area contributed by atoms with Crippen LogP contribution >= 0.6 is 0 Å². The maximum atomic E-state index is 12.7. The summed E-state index contributed by atoms with van der Waals surface area (Å²) in [5, 5.41) is 3.95. The van der Waals surface area contributed by atoms with Crippen molar-refractivity contribution in [1.82, 2.24) is 15.3 Å². The van der Waals surface area contributed by atoms with Gasteiger partial charge in [0.05, 0.1) is 16.8 Å². The van der Waals surface area contributed by atoms with Gasteiger partial charge in [0.15, 0.2) is 0 Å². The van der Waals surface area contributed by atoms with Crippen LogP contribution in [0.15, 0.2) is 73.1 Å². The normalized spacial score (nSPS) is 10.7. The lowest BCUT2D eigenvalue weighted by molar-refractivity contribution is 0.0950. The third-order valence-electron chi connectivity index (χ3n) is 4.91. The van der Waals surface area contributed by atoms with Crippen molar-refractivity contribution in [1.29, 1.82) is 0 Å². The molecule has 0 fully saturated rings. The molecule has 5 heteroatoms. The van der Waals surface area contributed by atoms with Gasteiger partial charge in [0.1, 0.15) is 12.4 Å². The summed E-state index contributed by atoms with van der Waals surface area (Å²) >= 11 is 0. The van der Waals surface area contributed by atoms with Crippen LogP contribution in [0, 0.1) is 13.8 Å². The molecule has 4 rings (SSSR count). The van der Waals surface area contributed by atoms with Gasteiger partial charge in [-0.15, -0.1) is 0 Å². The Kier molecular flexibility index (Phi) is 5.70. The Balaban J connectivity index is 1.37. The first kappa shape index (κ1) is 19.6. The van der Waals surface area contributed by atoms with Crippen LogP contribution in [0.25, 0.3) is 10.9 Å². The first-order valence-electron chi connectivity index (χ1n) is 9.85. The number of benzene rings is 2. The van der Waals surface area contributed by atoms with Crippen LogP contribution in [0.1, 0.15) is 32.7 Å². The van der Waals surface area contributed by atoms with E-state index < -0.39 is 0 Å². The number of nitrogens with one attached hydrogen (secondary N) is 1. The molecule has 5 nitrogen and oxygen atoms in total. The highest BCUT2D eigenvalue weighted by molar-refractivity contribution is 5.98. The first-order chi connectivity index (χ1) is 14.6. The molecule has 0 aliphatic rings. The second-order valence-electron chi connectivity index (χ2n) is 7.29. The standard InChI is InChI=1S/C25H23N3O2/c1-17-5-8-21-13-23(18(2)28-24(21)12-17)25(29)27-15-19-6-9-22(10-7-19)30-16-20-4-3-11-26-14-20/h3-14H,15-16H2,1-2H3,(H,27,29). The molecule has 0 unspecified atom stereocenters. The molecule has 4 aromatic rings. The monoisotopic (exact) mass is 397 g/mol. The van der Waals surface area contributed by atoms with E-state index in [9.17, 15) is 4.79 Å². The lowest BCUT2D eigenvalue weighted by atomic mass is 10.1. The predicted octanol–water partition coefficient (Wildman–Crippen LogP) is 4.76. The van der Waals surface area contributed by atoms with E-state index in [1.54, 1.807) is 12.4 Å². The van der Waals surface area contributed by atoms with Gasteiger partial charge in [-0.1, -0.05) is 30.3 Å². The topological polar surface area (TPSA) is 64.1 Å². The maximum Gasteiger partial charge on any atom is 0.253 e. The van der Waals surface area contributed by atoms with Gasteiger partial charge in [0.25, 0.3) is 5.91 Å². The third kappa shape index (κ3) is 4.63. The van der Waals surface area contributed by atoms with Gasteiger partial charge >= 0.3 is 0 Å². The lowest BCUT2D eigenvalue weighted by Crippen LogP contribution is -2.24. The molecule has 0 aliphatic heterocycles. The molecule has 0 saturated heterocycles. The number of rotatable bonds is 6. The number of aromatic nitrogens is 2. The second kappa shape index (κ2) is 8.74. The molecule has 30 heavy (non-hydrogen) atoms. The van der Waals surface area contributed by atoms with E-state index in [2.05, 4.69) is 15.3 Å². The van der Waals surface area contributed by atoms with Gasteiger partial charge in [-0.3, -0.25) is 14.8 Å². The fourth-order valence-electron chi connectivity index (χ4n) is 3.23. The van der Waals surface area contributed by atoms with E-state index in [1.807, 2.05) is 74.5 Å². The van der Waals surface area contributed by atoms with E-state index in [4.69, 9.17) is 4.74 Å². The van der Waals surface area contributed by atoms with E-state index in [-0.39, 0.29) is 5.91 Å². The first-order valence-corrected chi connectivity index (χ1v) is 9.85. The average Bonchev–Trinajstić information content (AvgIpc) is 2.77. The smallest absolute Gasteiger partial charge is 0.253 e. The van der Waals surface area contributed by atoms with Gasteiger partial charge < -0.3 is 10.1 Å². The average molecular weight is 397 g/mol. The van der Waals surface area contributed by atoms with E-state index >= 15 is 0 Å². The molecule has 2 aromatic carbocycles. The second-order valence-corrected chi connectivity index (χ2v) is 7.29. The molecule has 1 N–H and O–H groups in total. The summed E-state index contributed by atoms with van der Waals surface area (Å²) in [5.41, 5.74) is 5.40. The van der Waals surface area contributed by atoms with Crippen LogP contribution in [-0.4, -0.2) is 15.9 Å². The third-order valence-corrected chi connectivity index (χ3v) is 4.91. The largest absolute Gasteiger partial charge is 0.489 e. The number of ether oxygens (including phenoxy) is 1. The zero-order chi connectivity index (χ0) is 20.9. The summed E-state index contributed by atoms with van der Waals surface area (Å²) in [4.78, 5) is 21.4. The van der Waals surface area contributed by atoms with Crippen LogP contribution in [-0.2, 0) is 13.2 Å². The fraction of sp³-hybridized carbons (Fsp3) is 0.160. The van der Waals surface area contributed by atoms with Gasteiger partial charge in [-0.05, 0) is 55.3 Å². The SMILES string of the molecule is Cc1ccc2cc(C(=O)NCc3ccc(OCc4cccnc4)cc3)c(C)nc2c1. The van der Waals surface area contributed by atoms with Gasteiger partial charge in [0.2, 0.25) is 0 Å². The summed E-state index contributed by atoms with van der Waals surface area (Å²) < 4.78 is 5.77. The van der Waals surface area contributed by atoms with E-state index in [1.165, 1.54) is 0 Å². The molecule has 0 radical (unpaired) electrons. The number of hydrogen-bond acceptors (Lipinski definition) is 4. The van der Waals surface area contributed by atoms with Crippen molar-refractivity contribution >= 4 is 16.8 Å². The minimum absolute atomic E-state index is 0.126. The Hall–Kier alpha value is -3.73. The molecule has 2 aromatic heterocycles. The number of fused-ring (bicyclic) bond motifs is 1. The molecule has 0 aliphatic carbocycles. The zero-order valence-electron chi connectivity index (χ0n) is 17.1. The fourth-order valence-corrected chi connectivity index (χ4v) is 3.23. The minimum Gasteiger partial charge on any atom is -0.489 e. The van der Waals surface area contributed by atoms with E-state index in [0.29, 0.717) is 18.7 Å². The van der Waals surface area contributed by atoms with Crippen LogP contribution in [0.4, 0.5) is 0 Å². The highest BCUT2D eigenvalue weighted by Gasteiger charge is 2.11. The summed E-state index contributed by atoms with van der Waals surface area (Å²) in [6, 6.07) is 19.5. The molecular formula is C25H23N3O2. The van der Waals surface area contributed by atoms with Crippen molar-refractivity contribution in [3.63, 3.8) is 0 Å². The van der Waals surface area contributed by atoms with Gasteiger partial charge in [-0.2, -0.15) is 0 Å². The molecule has 0 atom stereocenters. The Labute approximate surface area is 175 Å². The minimum atomic E-state index is -0.126. The van der Waals surface area contributed by atoms with Gasteiger partial charge in [0, 0.05) is 29.9 Å². The Morgan fingerprint density at radius 3 is 2.60 bits per heavy atom. The molecule has 150 valence electrons. The number of nitrogens with zero attached hydrogens (tertiary/aromatic N) is 2. The summed E-state index contributed by atoms with van der Waals surface area (Å²) in [6.45, 7) is 4.81. The summed E-state index contributed by atoms with van der Waals surface area (Å²) in [5.74, 6) is 0.651. The van der Waals surface area contributed by atoms with Crippen molar-refractivity contribution in [3.8, 4) is 5.75 Å². The quantitative estimate of drug-likeness (QED) is 0.510. The number of aryl methyl sites for hydroxylation is 2. The molecule has 0 bridgehead atoms. The number of hydrogen-bond donors (Lipinski definition) is 1. The van der Waals surface area contributed by atoms with Crippen LogP contribution in [0.2, 0.25) is 0 Å². The van der Waals surface area contributed by atoms with Crippen LogP contribution in [0.5, 0.6) is 5.75 Å². The Morgan fingerprint density at radius 2 is 1.83 bits per heavy atom. The zero-order valence-corrected chi connectivity index (χ0v) is 17.1. The van der Waals surface area contributed by atoms with Gasteiger partial charge in [-0.25, -0.2) is 0 Å². The predicted molar refractivity (Wildman–Crippen MR) is 117 cm³/mol. The molecule has 0 spiro atoms. The molecule has 2 heterocycles. The molecule has 1 amide bonds. The highest BCUT2D eigenvalue weighted by Crippen LogP contribution is 2.18. The summed E-state index contributed by atoms with van der Waals surface area (Å²) in [6.07, 6.45) is 3.53. The van der Waals surface area contributed by atoms with Crippen molar-refractivity contribution in [3.05, 3.63) is 101 Å². The maximum absolute atomic E-state index is 12.7. The summed E-state index contributed by atoms with van der Waals surface area (Å²) in [7, 11) is 0. The number of carbonyl (C=O) groups is 1.